The van der Waals surface area contributed by atoms with Crippen molar-refractivity contribution < 1.29 is 14.2 Å². The minimum Gasteiger partial charge on any atom is -0.494 e. The fraction of sp³-hybridized carbons (Fsp3) is 0.625. The summed E-state index contributed by atoms with van der Waals surface area (Å²) in [5, 5.41) is 3.52. The maximum atomic E-state index is 5.71. The van der Waals surface area contributed by atoms with Crippen LogP contribution in [-0.2, 0) is 9.47 Å². The van der Waals surface area contributed by atoms with Crippen LogP contribution in [0, 0.1) is 0 Å². The van der Waals surface area contributed by atoms with Crippen LogP contribution in [0.4, 0.5) is 0 Å². The van der Waals surface area contributed by atoms with Crippen molar-refractivity contribution in [2.24, 2.45) is 0 Å². The monoisotopic (exact) mass is 281 g/mol. The molecule has 0 bridgehead atoms. The van der Waals surface area contributed by atoms with E-state index < -0.39 is 0 Å². The van der Waals surface area contributed by atoms with Gasteiger partial charge in [-0.25, -0.2) is 0 Å². The predicted molar refractivity (Wildman–Crippen MR) is 81.3 cm³/mol. The zero-order chi connectivity index (χ0) is 14.6. The molecule has 4 nitrogen and oxygen atoms in total. The van der Waals surface area contributed by atoms with Crippen molar-refractivity contribution in [3.8, 4) is 5.75 Å². The van der Waals surface area contributed by atoms with Crippen molar-refractivity contribution in [1.82, 2.24) is 5.32 Å². The smallest absolute Gasteiger partial charge is 0.124 e. The summed E-state index contributed by atoms with van der Waals surface area (Å²) in [6.45, 7) is 7.63. The molecule has 1 unspecified atom stereocenters. The summed E-state index contributed by atoms with van der Waals surface area (Å²) in [5.74, 6) is 0.930. The number of para-hydroxylation sites is 1. The van der Waals surface area contributed by atoms with Gasteiger partial charge in [-0.05, 0) is 26.0 Å². The van der Waals surface area contributed by atoms with Crippen LogP contribution in [0.15, 0.2) is 24.3 Å². The summed E-state index contributed by atoms with van der Waals surface area (Å²) in [5.41, 5.74) is 1.15. The first kappa shape index (κ1) is 17.0. The van der Waals surface area contributed by atoms with Crippen LogP contribution in [0.25, 0.3) is 0 Å². The number of rotatable bonds is 11. The Hall–Kier alpha value is -1.10. The van der Waals surface area contributed by atoms with E-state index in [0.717, 1.165) is 24.3 Å². The van der Waals surface area contributed by atoms with E-state index in [1.807, 2.05) is 25.1 Å². The van der Waals surface area contributed by atoms with Crippen LogP contribution in [0.1, 0.15) is 31.9 Å². The van der Waals surface area contributed by atoms with Crippen LogP contribution in [-0.4, -0.2) is 40.1 Å². The fourth-order valence-electron chi connectivity index (χ4n) is 1.98. The van der Waals surface area contributed by atoms with Crippen LogP contribution in [0.3, 0.4) is 0 Å². The van der Waals surface area contributed by atoms with Gasteiger partial charge in [0.1, 0.15) is 5.75 Å². The number of hydrogen-bond donors (Lipinski definition) is 1. The first-order valence-corrected chi connectivity index (χ1v) is 7.35. The lowest BCUT2D eigenvalue weighted by Gasteiger charge is -2.21. The highest BCUT2D eigenvalue weighted by atomic mass is 16.5. The van der Waals surface area contributed by atoms with Gasteiger partial charge in [0.25, 0.3) is 0 Å². The number of ether oxygens (including phenoxy) is 3. The lowest BCUT2D eigenvalue weighted by Crippen LogP contribution is -2.27. The molecule has 1 N–H and O–H groups in total. The number of hydrogen-bond acceptors (Lipinski definition) is 4. The second-order valence-corrected chi connectivity index (χ2v) is 4.55. The molecule has 0 radical (unpaired) electrons. The van der Waals surface area contributed by atoms with E-state index in [4.69, 9.17) is 14.2 Å². The van der Waals surface area contributed by atoms with Crippen molar-refractivity contribution in [2.75, 3.05) is 40.1 Å². The molecule has 0 aliphatic carbocycles. The van der Waals surface area contributed by atoms with E-state index in [2.05, 4.69) is 18.3 Å². The topological polar surface area (TPSA) is 39.7 Å². The van der Waals surface area contributed by atoms with Gasteiger partial charge in [-0.15, -0.1) is 0 Å². The van der Waals surface area contributed by atoms with Crippen LogP contribution < -0.4 is 10.1 Å². The van der Waals surface area contributed by atoms with E-state index >= 15 is 0 Å². The molecule has 0 amide bonds. The third-order valence-corrected chi connectivity index (χ3v) is 2.95. The Morgan fingerprint density at radius 2 is 1.95 bits per heavy atom. The Labute approximate surface area is 122 Å². The summed E-state index contributed by atoms with van der Waals surface area (Å²) in [4.78, 5) is 0. The first-order valence-electron chi connectivity index (χ1n) is 7.35. The molecule has 0 aliphatic heterocycles. The Morgan fingerprint density at radius 1 is 1.15 bits per heavy atom. The Kier molecular flexibility index (Phi) is 9.04. The van der Waals surface area contributed by atoms with Gasteiger partial charge in [0.2, 0.25) is 0 Å². The number of nitrogens with one attached hydrogen (secondary N) is 1. The highest BCUT2D eigenvalue weighted by Crippen LogP contribution is 2.25. The average molecular weight is 281 g/mol. The van der Waals surface area contributed by atoms with Crippen molar-refractivity contribution in [3.05, 3.63) is 29.8 Å². The Morgan fingerprint density at radius 3 is 2.65 bits per heavy atom. The summed E-state index contributed by atoms with van der Waals surface area (Å²) in [6.07, 6.45) is 1.09. The van der Waals surface area contributed by atoms with Gasteiger partial charge >= 0.3 is 0 Å². The highest BCUT2D eigenvalue weighted by molar-refractivity contribution is 5.36. The molecule has 114 valence electrons. The van der Waals surface area contributed by atoms with E-state index in [9.17, 15) is 0 Å². The van der Waals surface area contributed by atoms with Gasteiger partial charge in [0.15, 0.2) is 0 Å². The SMILES string of the molecule is CCCNC(COCCOC)c1ccccc1OCC. The molecule has 4 heteroatoms. The maximum Gasteiger partial charge on any atom is 0.124 e. The lowest BCUT2D eigenvalue weighted by atomic mass is 10.1. The van der Waals surface area contributed by atoms with E-state index in [1.54, 1.807) is 7.11 Å². The molecule has 0 heterocycles. The largest absolute Gasteiger partial charge is 0.494 e. The Balaban J connectivity index is 2.70. The molecular formula is C16H27NO3. The van der Waals surface area contributed by atoms with Crippen LogP contribution >= 0.6 is 0 Å². The maximum absolute atomic E-state index is 5.71. The quantitative estimate of drug-likeness (QED) is 0.633. The molecule has 0 saturated heterocycles. The first-order chi connectivity index (χ1) is 9.83. The Bertz CT molecular complexity index is 357. The van der Waals surface area contributed by atoms with Gasteiger partial charge in [0, 0.05) is 12.7 Å². The minimum atomic E-state index is 0.148. The van der Waals surface area contributed by atoms with E-state index in [-0.39, 0.29) is 6.04 Å². The van der Waals surface area contributed by atoms with Crippen molar-refractivity contribution >= 4 is 0 Å². The standard InChI is InChI=1S/C16H27NO3/c1-4-10-17-15(13-19-12-11-18-3)14-8-6-7-9-16(14)20-5-2/h6-9,15,17H,4-5,10-13H2,1-3H3. The molecule has 0 saturated carbocycles. The van der Waals surface area contributed by atoms with Crippen LogP contribution in [0.5, 0.6) is 5.75 Å². The normalized spacial score (nSPS) is 12.3. The minimum absolute atomic E-state index is 0.148. The van der Waals surface area contributed by atoms with Gasteiger partial charge < -0.3 is 19.5 Å². The summed E-state index contributed by atoms with van der Waals surface area (Å²) >= 11 is 0. The second-order valence-electron chi connectivity index (χ2n) is 4.55. The molecule has 0 aromatic heterocycles. The zero-order valence-electron chi connectivity index (χ0n) is 12.9. The highest BCUT2D eigenvalue weighted by Gasteiger charge is 2.15. The molecule has 0 spiro atoms. The van der Waals surface area contributed by atoms with Gasteiger partial charge in [0.05, 0.1) is 32.5 Å². The average Bonchev–Trinajstić information content (AvgIpc) is 2.48. The zero-order valence-corrected chi connectivity index (χ0v) is 12.9. The predicted octanol–water partition coefficient (Wildman–Crippen LogP) is 2.79. The van der Waals surface area contributed by atoms with Gasteiger partial charge in [-0.2, -0.15) is 0 Å². The van der Waals surface area contributed by atoms with E-state index in [1.165, 1.54) is 0 Å². The molecule has 0 fully saturated rings. The molecule has 0 aliphatic rings. The van der Waals surface area contributed by atoms with Gasteiger partial charge in [-0.1, -0.05) is 25.1 Å². The molecule has 1 rings (SSSR count). The molecule has 1 aromatic rings. The number of benzene rings is 1. The second kappa shape index (κ2) is 10.7. The van der Waals surface area contributed by atoms with Crippen molar-refractivity contribution in [3.63, 3.8) is 0 Å². The number of methoxy groups -OCH3 is 1. The molecule has 20 heavy (non-hydrogen) atoms. The van der Waals surface area contributed by atoms with Gasteiger partial charge in [-0.3, -0.25) is 0 Å². The summed E-state index contributed by atoms with van der Waals surface area (Å²) in [7, 11) is 1.68. The lowest BCUT2D eigenvalue weighted by molar-refractivity contribution is 0.0581. The van der Waals surface area contributed by atoms with E-state index in [0.29, 0.717) is 26.4 Å². The van der Waals surface area contributed by atoms with Crippen LogP contribution in [0.2, 0.25) is 0 Å². The molecule has 1 atom stereocenters. The summed E-state index contributed by atoms with van der Waals surface area (Å²) in [6, 6.07) is 8.28. The fourth-order valence-corrected chi connectivity index (χ4v) is 1.98. The van der Waals surface area contributed by atoms with Crippen molar-refractivity contribution in [1.29, 1.82) is 0 Å². The molecular weight excluding hydrogens is 254 g/mol. The van der Waals surface area contributed by atoms with Crippen molar-refractivity contribution in [2.45, 2.75) is 26.3 Å². The summed E-state index contributed by atoms with van der Waals surface area (Å²) < 4.78 is 16.4. The molecule has 1 aromatic carbocycles. The third kappa shape index (κ3) is 5.90. The third-order valence-electron chi connectivity index (χ3n) is 2.95.